The van der Waals surface area contributed by atoms with Gasteiger partial charge in [0, 0.05) is 5.54 Å². The Morgan fingerprint density at radius 1 is 1.29 bits per heavy atom. The molecular formula is C16H25N. The van der Waals surface area contributed by atoms with E-state index in [1.165, 1.54) is 42.5 Å². The SMILES string of the molecule is Cc1ccc(C)c(C2(CC(C)C)CCCN2)c1. The molecule has 1 aromatic rings. The number of nitrogens with one attached hydrogen (secondary N) is 1. The summed E-state index contributed by atoms with van der Waals surface area (Å²) in [5.41, 5.74) is 4.58. The lowest BCUT2D eigenvalue weighted by Gasteiger charge is -2.34. The molecule has 0 radical (unpaired) electrons. The third-order valence-electron chi connectivity index (χ3n) is 3.91. The standard InChI is InChI=1S/C16H25N/c1-12(2)11-16(8-5-9-17-16)15-10-13(3)6-7-14(15)4/h6-7,10,12,17H,5,8-9,11H2,1-4H3. The molecule has 94 valence electrons. The van der Waals surface area contributed by atoms with Crippen LogP contribution in [0.1, 0.15) is 49.8 Å². The van der Waals surface area contributed by atoms with Crippen molar-refractivity contribution in [1.29, 1.82) is 0 Å². The summed E-state index contributed by atoms with van der Waals surface area (Å²) in [6.07, 6.45) is 3.84. The summed E-state index contributed by atoms with van der Waals surface area (Å²) in [6.45, 7) is 10.3. The summed E-state index contributed by atoms with van der Waals surface area (Å²) >= 11 is 0. The maximum Gasteiger partial charge on any atom is 0.0440 e. The highest BCUT2D eigenvalue weighted by Gasteiger charge is 2.36. The zero-order valence-corrected chi connectivity index (χ0v) is 11.6. The van der Waals surface area contributed by atoms with E-state index in [0.29, 0.717) is 0 Å². The van der Waals surface area contributed by atoms with Crippen molar-refractivity contribution in [3.8, 4) is 0 Å². The smallest absolute Gasteiger partial charge is 0.0440 e. The summed E-state index contributed by atoms with van der Waals surface area (Å²) in [5, 5.41) is 3.79. The van der Waals surface area contributed by atoms with Gasteiger partial charge in [-0.1, -0.05) is 37.6 Å². The van der Waals surface area contributed by atoms with Crippen LogP contribution in [0.25, 0.3) is 0 Å². The Morgan fingerprint density at radius 3 is 2.65 bits per heavy atom. The molecular weight excluding hydrogens is 206 g/mol. The van der Waals surface area contributed by atoms with Crippen molar-refractivity contribution in [3.05, 3.63) is 34.9 Å². The van der Waals surface area contributed by atoms with Crippen LogP contribution < -0.4 is 5.32 Å². The van der Waals surface area contributed by atoms with Crippen molar-refractivity contribution in [2.75, 3.05) is 6.54 Å². The van der Waals surface area contributed by atoms with E-state index >= 15 is 0 Å². The minimum Gasteiger partial charge on any atom is -0.307 e. The number of rotatable bonds is 3. The van der Waals surface area contributed by atoms with Crippen LogP contribution >= 0.6 is 0 Å². The molecule has 1 N–H and O–H groups in total. The molecule has 0 amide bonds. The molecule has 1 heteroatoms. The molecule has 17 heavy (non-hydrogen) atoms. The zero-order chi connectivity index (χ0) is 12.5. The molecule has 1 saturated heterocycles. The number of benzene rings is 1. The summed E-state index contributed by atoms with van der Waals surface area (Å²) in [7, 11) is 0. The number of aryl methyl sites for hydroxylation is 2. The average Bonchev–Trinajstić information content (AvgIpc) is 2.70. The van der Waals surface area contributed by atoms with Crippen LogP contribution in [0.2, 0.25) is 0 Å². The quantitative estimate of drug-likeness (QED) is 0.831. The molecule has 0 bridgehead atoms. The molecule has 0 saturated carbocycles. The van der Waals surface area contributed by atoms with Gasteiger partial charge in [0.15, 0.2) is 0 Å². The lowest BCUT2D eigenvalue weighted by molar-refractivity contribution is 0.309. The van der Waals surface area contributed by atoms with Gasteiger partial charge in [0.1, 0.15) is 0 Å². The van der Waals surface area contributed by atoms with Gasteiger partial charge in [-0.3, -0.25) is 0 Å². The van der Waals surface area contributed by atoms with Crippen molar-refractivity contribution in [1.82, 2.24) is 5.32 Å². The molecule has 1 unspecified atom stereocenters. The Hall–Kier alpha value is -0.820. The summed E-state index contributed by atoms with van der Waals surface area (Å²) < 4.78 is 0. The second-order valence-electron chi connectivity index (χ2n) is 6.03. The maximum absolute atomic E-state index is 3.79. The van der Waals surface area contributed by atoms with Gasteiger partial charge in [0.05, 0.1) is 0 Å². The van der Waals surface area contributed by atoms with Gasteiger partial charge in [-0.15, -0.1) is 0 Å². The molecule has 2 rings (SSSR count). The van der Waals surface area contributed by atoms with Crippen molar-refractivity contribution in [2.24, 2.45) is 5.92 Å². The minimum atomic E-state index is 0.240. The summed E-state index contributed by atoms with van der Waals surface area (Å²) in [6, 6.07) is 6.87. The Balaban J connectivity index is 2.41. The van der Waals surface area contributed by atoms with Crippen molar-refractivity contribution in [3.63, 3.8) is 0 Å². The van der Waals surface area contributed by atoms with Crippen LogP contribution in [0.3, 0.4) is 0 Å². The van der Waals surface area contributed by atoms with Gasteiger partial charge < -0.3 is 5.32 Å². The van der Waals surface area contributed by atoms with Crippen LogP contribution in [-0.2, 0) is 5.54 Å². The lowest BCUT2D eigenvalue weighted by Crippen LogP contribution is -2.38. The molecule has 1 aliphatic rings. The first-order chi connectivity index (χ1) is 8.03. The van der Waals surface area contributed by atoms with Crippen LogP contribution in [0.15, 0.2) is 18.2 Å². The first kappa shape index (κ1) is 12.6. The van der Waals surface area contributed by atoms with E-state index < -0.39 is 0 Å². The van der Waals surface area contributed by atoms with Gasteiger partial charge in [-0.2, -0.15) is 0 Å². The molecule has 0 aliphatic carbocycles. The highest BCUT2D eigenvalue weighted by atomic mass is 15.0. The van der Waals surface area contributed by atoms with Gasteiger partial charge in [-0.05, 0) is 56.7 Å². The van der Waals surface area contributed by atoms with E-state index in [2.05, 4.69) is 51.2 Å². The van der Waals surface area contributed by atoms with Crippen LogP contribution in [0.5, 0.6) is 0 Å². The molecule has 1 heterocycles. The van der Waals surface area contributed by atoms with Gasteiger partial charge in [0.2, 0.25) is 0 Å². The Kier molecular flexibility index (Phi) is 3.58. The number of hydrogen-bond donors (Lipinski definition) is 1. The third-order valence-corrected chi connectivity index (χ3v) is 3.91. The number of hydrogen-bond acceptors (Lipinski definition) is 1. The predicted molar refractivity (Wildman–Crippen MR) is 74.3 cm³/mol. The molecule has 0 spiro atoms. The monoisotopic (exact) mass is 231 g/mol. The van der Waals surface area contributed by atoms with Crippen LogP contribution in [0, 0.1) is 19.8 Å². The highest BCUT2D eigenvalue weighted by molar-refractivity contribution is 5.37. The molecule has 0 aromatic heterocycles. The lowest BCUT2D eigenvalue weighted by atomic mass is 9.79. The fraction of sp³-hybridized carbons (Fsp3) is 0.625. The van der Waals surface area contributed by atoms with Gasteiger partial charge in [0.25, 0.3) is 0 Å². The molecule has 1 aliphatic heterocycles. The molecule has 1 aromatic carbocycles. The summed E-state index contributed by atoms with van der Waals surface area (Å²) in [4.78, 5) is 0. The van der Waals surface area contributed by atoms with E-state index in [0.717, 1.165) is 5.92 Å². The minimum absolute atomic E-state index is 0.240. The fourth-order valence-corrected chi connectivity index (χ4v) is 3.27. The van der Waals surface area contributed by atoms with Crippen molar-refractivity contribution in [2.45, 2.75) is 52.5 Å². The van der Waals surface area contributed by atoms with Crippen LogP contribution in [-0.4, -0.2) is 6.54 Å². The molecule has 1 atom stereocenters. The van der Waals surface area contributed by atoms with Crippen molar-refractivity contribution >= 4 is 0 Å². The fourth-order valence-electron chi connectivity index (χ4n) is 3.27. The van der Waals surface area contributed by atoms with E-state index in [-0.39, 0.29) is 5.54 Å². The Bertz CT molecular complexity index is 387. The predicted octanol–water partition coefficient (Wildman–Crippen LogP) is 3.93. The van der Waals surface area contributed by atoms with Gasteiger partial charge in [-0.25, -0.2) is 0 Å². The second-order valence-corrected chi connectivity index (χ2v) is 6.03. The normalized spacial score (nSPS) is 24.5. The zero-order valence-electron chi connectivity index (χ0n) is 11.6. The Morgan fingerprint density at radius 2 is 2.06 bits per heavy atom. The first-order valence-corrected chi connectivity index (χ1v) is 6.86. The van der Waals surface area contributed by atoms with E-state index in [9.17, 15) is 0 Å². The van der Waals surface area contributed by atoms with E-state index in [1.807, 2.05) is 0 Å². The van der Waals surface area contributed by atoms with Crippen molar-refractivity contribution < 1.29 is 0 Å². The molecule has 1 nitrogen and oxygen atoms in total. The molecule has 1 fully saturated rings. The van der Waals surface area contributed by atoms with Crippen LogP contribution in [0.4, 0.5) is 0 Å². The second kappa shape index (κ2) is 4.81. The third kappa shape index (κ3) is 2.55. The highest BCUT2D eigenvalue weighted by Crippen LogP contribution is 2.38. The van der Waals surface area contributed by atoms with E-state index in [4.69, 9.17) is 0 Å². The van der Waals surface area contributed by atoms with Gasteiger partial charge >= 0.3 is 0 Å². The topological polar surface area (TPSA) is 12.0 Å². The first-order valence-electron chi connectivity index (χ1n) is 6.86. The van der Waals surface area contributed by atoms with E-state index in [1.54, 1.807) is 0 Å². The average molecular weight is 231 g/mol. The summed E-state index contributed by atoms with van der Waals surface area (Å²) in [5.74, 6) is 0.737. The maximum atomic E-state index is 3.79. The Labute approximate surface area is 106 Å². The largest absolute Gasteiger partial charge is 0.307 e.